The second-order valence-corrected chi connectivity index (χ2v) is 7.77. The number of nitrogens with zero attached hydrogens (tertiary/aromatic N) is 1. The van der Waals surface area contributed by atoms with Crippen molar-refractivity contribution in [3.8, 4) is 5.75 Å². The molecule has 1 aliphatic rings. The molecular weight excluding hydrogens is 402 g/mol. The number of rotatable bonds is 7. The minimum atomic E-state index is -0.725. The molecule has 2 aromatic carbocycles. The summed E-state index contributed by atoms with van der Waals surface area (Å²) in [6, 6.07) is 11.3. The fraction of sp³-hybridized carbons (Fsp3) is 0.391. The molecule has 160 valence electrons. The first-order valence-corrected chi connectivity index (χ1v) is 10.7. The number of halogens is 1. The summed E-state index contributed by atoms with van der Waals surface area (Å²) in [5.74, 6) is -0.895. The molecule has 0 atom stereocenters. The average molecular weight is 430 g/mol. The Morgan fingerprint density at radius 1 is 1.17 bits per heavy atom. The fourth-order valence-electron chi connectivity index (χ4n) is 3.72. The van der Waals surface area contributed by atoms with Crippen LogP contribution in [0, 0.1) is 0 Å². The van der Waals surface area contributed by atoms with Gasteiger partial charge in [-0.1, -0.05) is 30.7 Å². The Labute approximate surface area is 182 Å². The van der Waals surface area contributed by atoms with Gasteiger partial charge < -0.3 is 20.3 Å². The van der Waals surface area contributed by atoms with E-state index in [1.807, 2.05) is 0 Å². The van der Waals surface area contributed by atoms with Gasteiger partial charge in [-0.2, -0.15) is 0 Å². The largest absolute Gasteiger partial charge is 0.495 e. The van der Waals surface area contributed by atoms with Gasteiger partial charge in [0.2, 0.25) is 0 Å². The molecule has 2 N–H and O–H groups in total. The second kappa shape index (κ2) is 10.3. The fourth-order valence-corrected chi connectivity index (χ4v) is 3.98. The highest BCUT2D eigenvalue weighted by molar-refractivity contribution is 6.40. The number of benzene rings is 2. The van der Waals surface area contributed by atoms with E-state index in [-0.39, 0.29) is 0 Å². The molecule has 0 radical (unpaired) electrons. The maximum atomic E-state index is 12.1. The summed E-state index contributed by atoms with van der Waals surface area (Å²) in [6.45, 7) is 4.79. The highest BCUT2D eigenvalue weighted by Crippen LogP contribution is 2.28. The van der Waals surface area contributed by atoms with Crippen LogP contribution in [0.15, 0.2) is 36.4 Å². The van der Waals surface area contributed by atoms with Gasteiger partial charge in [0.25, 0.3) is 0 Å². The van der Waals surface area contributed by atoms with Gasteiger partial charge in [0, 0.05) is 31.0 Å². The van der Waals surface area contributed by atoms with Crippen LogP contribution in [0.2, 0.25) is 5.02 Å². The molecule has 7 heteroatoms. The number of carbonyl (C=O) groups excluding carboxylic acids is 2. The number of anilines is 2. The molecular formula is C23H28ClN3O3. The average Bonchev–Trinajstić information content (AvgIpc) is 2.74. The van der Waals surface area contributed by atoms with E-state index in [0.29, 0.717) is 29.4 Å². The predicted octanol–water partition coefficient (Wildman–Crippen LogP) is 3.81. The molecule has 0 bridgehead atoms. The van der Waals surface area contributed by atoms with Gasteiger partial charge >= 0.3 is 11.8 Å². The first kappa shape index (κ1) is 22.0. The van der Waals surface area contributed by atoms with Crippen molar-refractivity contribution in [2.75, 3.05) is 37.0 Å². The van der Waals surface area contributed by atoms with Gasteiger partial charge in [0.15, 0.2) is 0 Å². The third kappa shape index (κ3) is 5.45. The zero-order valence-corrected chi connectivity index (χ0v) is 18.2. The van der Waals surface area contributed by atoms with Crippen molar-refractivity contribution < 1.29 is 14.3 Å². The molecule has 0 fully saturated rings. The Balaban J connectivity index is 1.50. The number of nitrogens with one attached hydrogen (secondary N) is 2. The van der Waals surface area contributed by atoms with Crippen molar-refractivity contribution in [1.29, 1.82) is 0 Å². The lowest BCUT2D eigenvalue weighted by molar-refractivity contribution is -0.136. The molecule has 2 amide bonds. The van der Waals surface area contributed by atoms with Crippen molar-refractivity contribution >= 4 is 34.8 Å². The number of aryl methyl sites for hydroxylation is 1. The van der Waals surface area contributed by atoms with E-state index in [0.717, 1.165) is 31.5 Å². The Morgan fingerprint density at radius 2 is 2.00 bits per heavy atom. The smallest absolute Gasteiger partial charge is 0.313 e. The summed E-state index contributed by atoms with van der Waals surface area (Å²) in [6.07, 6.45) is 4.07. The number of fused-ring (bicyclic) bond motifs is 1. The van der Waals surface area contributed by atoms with Crippen LogP contribution < -0.4 is 20.3 Å². The number of ether oxygens (including phenoxy) is 1. The summed E-state index contributed by atoms with van der Waals surface area (Å²) in [5.41, 5.74) is 4.29. The number of hydrogen-bond acceptors (Lipinski definition) is 4. The van der Waals surface area contributed by atoms with E-state index in [1.165, 1.54) is 24.8 Å². The van der Waals surface area contributed by atoms with E-state index in [2.05, 4.69) is 40.7 Å². The van der Waals surface area contributed by atoms with Gasteiger partial charge in [-0.15, -0.1) is 0 Å². The lowest BCUT2D eigenvalue weighted by atomic mass is 9.98. The Hall–Kier alpha value is -2.73. The van der Waals surface area contributed by atoms with Gasteiger partial charge in [-0.05, 0) is 61.1 Å². The molecule has 0 spiro atoms. The molecule has 0 aliphatic carbocycles. The van der Waals surface area contributed by atoms with Crippen LogP contribution in [0.25, 0.3) is 0 Å². The Bertz CT molecular complexity index is 917. The third-order valence-electron chi connectivity index (χ3n) is 5.17. The van der Waals surface area contributed by atoms with Crippen molar-refractivity contribution in [2.24, 2.45) is 0 Å². The van der Waals surface area contributed by atoms with Crippen molar-refractivity contribution in [2.45, 2.75) is 32.6 Å². The maximum Gasteiger partial charge on any atom is 0.313 e. The number of amides is 2. The quantitative estimate of drug-likeness (QED) is 0.656. The Kier molecular flexibility index (Phi) is 7.57. The zero-order chi connectivity index (χ0) is 21.5. The van der Waals surface area contributed by atoms with Gasteiger partial charge in [0.1, 0.15) is 5.75 Å². The topological polar surface area (TPSA) is 70.7 Å². The highest BCUT2D eigenvalue weighted by atomic mass is 35.5. The standard InChI is InChI=1S/C23H28ClN3O3/c1-3-12-27-13-4-5-17-14-16(6-8-20(17)27)10-11-25-22(28)23(29)26-18-7-9-21(30-2)19(24)15-18/h6-9,14-15H,3-5,10-13H2,1-2H3,(H,25,28)(H,26,29). The molecule has 0 saturated carbocycles. The molecule has 3 rings (SSSR count). The van der Waals surface area contributed by atoms with Crippen LogP contribution in [-0.4, -0.2) is 38.6 Å². The van der Waals surface area contributed by atoms with Gasteiger partial charge in [-0.25, -0.2) is 0 Å². The van der Waals surface area contributed by atoms with Gasteiger partial charge in [-0.3, -0.25) is 9.59 Å². The summed E-state index contributed by atoms with van der Waals surface area (Å²) in [5, 5.41) is 5.58. The summed E-state index contributed by atoms with van der Waals surface area (Å²) < 4.78 is 5.07. The number of hydrogen-bond donors (Lipinski definition) is 2. The molecule has 2 aromatic rings. The number of carbonyl (C=O) groups is 2. The third-order valence-corrected chi connectivity index (χ3v) is 5.46. The highest BCUT2D eigenvalue weighted by Gasteiger charge is 2.17. The van der Waals surface area contributed by atoms with Crippen LogP contribution in [-0.2, 0) is 22.4 Å². The molecule has 30 heavy (non-hydrogen) atoms. The van der Waals surface area contributed by atoms with E-state index >= 15 is 0 Å². The van der Waals surface area contributed by atoms with Crippen LogP contribution in [0.3, 0.4) is 0 Å². The Morgan fingerprint density at radius 3 is 2.73 bits per heavy atom. The first-order valence-electron chi connectivity index (χ1n) is 10.3. The van der Waals surface area contributed by atoms with Crippen molar-refractivity contribution in [1.82, 2.24) is 5.32 Å². The normalized spacial score (nSPS) is 12.8. The second-order valence-electron chi connectivity index (χ2n) is 7.36. The van der Waals surface area contributed by atoms with E-state index in [4.69, 9.17) is 16.3 Å². The summed E-state index contributed by atoms with van der Waals surface area (Å²) in [4.78, 5) is 26.7. The van der Waals surface area contributed by atoms with Crippen molar-refractivity contribution in [3.63, 3.8) is 0 Å². The van der Waals surface area contributed by atoms with Crippen LogP contribution in [0.5, 0.6) is 5.75 Å². The monoisotopic (exact) mass is 429 g/mol. The summed E-state index contributed by atoms with van der Waals surface area (Å²) in [7, 11) is 1.51. The minimum Gasteiger partial charge on any atom is -0.495 e. The predicted molar refractivity (Wildman–Crippen MR) is 121 cm³/mol. The van der Waals surface area contributed by atoms with Crippen LogP contribution in [0.1, 0.15) is 30.9 Å². The summed E-state index contributed by atoms with van der Waals surface area (Å²) >= 11 is 6.04. The first-order chi connectivity index (χ1) is 14.5. The SMILES string of the molecule is CCCN1CCCc2cc(CCNC(=O)C(=O)Nc3ccc(OC)c(Cl)c3)ccc21. The van der Waals surface area contributed by atoms with Crippen LogP contribution >= 0.6 is 11.6 Å². The van der Waals surface area contributed by atoms with Gasteiger partial charge in [0.05, 0.1) is 12.1 Å². The molecule has 1 aliphatic heterocycles. The molecule has 0 aromatic heterocycles. The van der Waals surface area contributed by atoms with Crippen molar-refractivity contribution in [3.05, 3.63) is 52.5 Å². The van der Waals surface area contributed by atoms with E-state index < -0.39 is 11.8 Å². The molecule has 6 nitrogen and oxygen atoms in total. The van der Waals surface area contributed by atoms with E-state index in [9.17, 15) is 9.59 Å². The molecule has 1 heterocycles. The maximum absolute atomic E-state index is 12.1. The zero-order valence-electron chi connectivity index (χ0n) is 17.5. The van der Waals surface area contributed by atoms with E-state index in [1.54, 1.807) is 18.2 Å². The van der Waals surface area contributed by atoms with Crippen LogP contribution in [0.4, 0.5) is 11.4 Å². The lowest BCUT2D eigenvalue weighted by Gasteiger charge is -2.31. The molecule has 0 saturated heterocycles. The molecule has 0 unspecified atom stereocenters. The minimum absolute atomic E-state index is 0.362. The number of methoxy groups -OCH3 is 1. The lowest BCUT2D eigenvalue weighted by Crippen LogP contribution is -2.36.